The number of nitrogens with zero attached hydrogens (tertiary/aromatic N) is 1. The highest BCUT2D eigenvalue weighted by molar-refractivity contribution is 5.31. The van der Waals surface area contributed by atoms with E-state index >= 15 is 0 Å². The molecule has 106 valence electrons. The van der Waals surface area contributed by atoms with Crippen molar-refractivity contribution in [3.8, 4) is 5.75 Å². The standard InChI is InChI=1S/C16H18FNO2/c1-20-14-4-2-3-12(15(14)17)9-18-8-7-13(10-18)16(19)11-5-6-11/h2-4,7-8,10-11,16,19H,5-6,9H2,1H3. The number of aromatic nitrogens is 1. The van der Waals surface area contributed by atoms with Crippen molar-refractivity contribution in [2.45, 2.75) is 25.5 Å². The molecule has 3 rings (SSSR count). The van der Waals surface area contributed by atoms with E-state index in [0.717, 1.165) is 18.4 Å². The van der Waals surface area contributed by atoms with Gasteiger partial charge in [-0.15, -0.1) is 0 Å². The lowest BCUT2D eigenvalue weighted by atomic mass is 10.1. The predicted octanol–water partition coefficient (Wildman–Crippen LogP) is 3.13. The number of methoxy groups -OCH3 is 1. The number of aliphatic hydroxyl groups excluding tert-OH is 1. The molecular formula is C16H18FNO2. The Morgan fingerprint density at radius 3 is 2.90 bits per heavy atom. The average Bonchev–Trinajstić information content (AvgIpc) is 3.20. The SMILES string of the molecule is COc1cccc(Cn2ccc(C(O)C3CC3)c2)c1F. The van der Waals surface area contributed by atoms with Crippen molar-refractivity contribution in [3.63, 3.8) is 0 Å². The van der Waals surface area contributed by atoms with E-state index in [-0.39, 0.29) is 17.7 Å². The molecule has 1 saturated carbocycles. The molecule has 2 aromatic rings. The summed E-state index contributed by atoms with van der Waals surface area (Å²) in [5.41, 5.74) is 1.49. The van der Waals surface area contributed by atoms with Gasteiger partial charge in [-0.05, 0) is 36.5 Å². The maximum Gasteiger partial charge on any atom is 0.170 e. The summed E-state index contributed by atoms with van der Waals surface area (Å²) in [6, 6.07) is 7.04. The van der Waals surface area contributed by atoms with E-state index in [1.54, 1.807) is 18.2 Å². The van der Waals surface area contributed by atoms with Crippen LogP contribution < -0.4 is 4.74 Å². The number of aliphatic hydroxyl groups is 1. The molecule has 3 nitrogen and oxygen atoms in total. The van der Waals surface area contributed by atoms with Gasteiger partial charge in [0.05, 0.1) is 19.8 Å². The van der Waals surface area contributed by atoms with Gasteiger partial charge in [0.1, 0.15) is 0 Å². The van der Waals surface area contributed by atoms with Crippen molar-refractivity contribution in [3.05, 3.63) is 53.6 Å². The van der Waals surface area contributed by atoms with Crippen LogP contribution in [0.1, 0.15) is 30.1 Å². The van der Waals surface area contributed by atoms with Crippen LogP contribution in [0.4, 0.5) is 4.39 Å². The molecule has 1 aromatic carbocycles. The molecule has 1 aromatic heterocycles. The van der Waals surface area contributed by atoms with E-state index in [1.807, 2.05) is 23.0 Å². The molecule has 0 saturated heterocycles. The average molecular weight is 275 g/mol. The second kappa shape index (κ2) is 5.29. The smallest absolute Gasteiger partial charge is 0.170 e. The van der Waals surface area contributed by atoms with Gasteiger partial charge in [-0.3, -0.25) is 0 Å². The lowest BCUT2D eigenvalue weighted by Crippen LogP contribution is -2.02. The number of halogens is 1. The second-order valence-electron chi connectivity index (χ2n) is 5.33. The van der Waals surface area contributed by atoms with Gasteiger partial charge < -0.3 is 14.4 Å². The minimum atomic E-state index is -0.383. The van der Waals surface area contributed by atoms with Gasteiger partial charge in [0.25, 0.3) is 0 Å². The Balaban J connectivity index is 1.77. The number of ether oxygens (including phenoxy) is 1. The van der Waals surface area contributed by atoms with E-state index in [0.29, 0.717) is 18.0 Å². The predicted molar refractivity (Wildman–Crippen MR) is 74.2 cm³/mol. The zero-order valence-electron chi connectivity index (χ0n) is 11.4. The first kappa shape index (κ1) is 13.2. The van der Waals surface area contributed by atoms with Gasteiger partial charge in [0.15, 0.2) is 11.6 Å². The number of rotatable bonds is 5. The summed E-state index contributed by atoms with van der Waals surface area (Å²) in [6.45, 7) is 0.431. The van der Waals surface area contributed by atoms with Gasteiger partial charge in [0, 0.05) is 18.0 Å². The largest absolute Gasteiger partial charge is 0.494 e. The summed E-state index contributed by atoms with van der Waals surface area (Å²) >= 11 is 0. The summed E-state index contributed by atoms with van der Waals surface area (Å²) < 4.78 is 20.9. The molecule has 1 aliphatic rings. The van der Waals surface area contributed by atoms with Crippen LogP contribution in [0.25, 0.3) is 0 Å². The molecule has 0 radical (unpaired) electrons. The minimum absolute atomic E-state index is 0.257. The molecule has 0 spiro atoms. The Morgan fingerprint density at radius 1 is 1.40 bits per heavy atom. The summed E-state index contributed by atoms with van der Waals surface area (Å²) in [7, 11) is 1.46. The third kappa shape index (κ3) is 2.56. The topological polar surface area (TPSA) is 34.4 Å². The second-order valence-corrected chi connectivity index (χ2v) is 5.33. The summed E-state index contributed by atoms with van der Waals surface area (Å²) in [5, 5.41) is 10.1. The third-order valence-electron chi connectivity index (χ3n) is 3.80. The van der Waals surface area contributed by atoms with Gasteiger partial charge in [0.2, 0.25) is 0 Å². The van der Waals surface area contributed by atoms with Gasteiger partial charge in [-0.1, -0.05) is 12.1 Å². The van der Waals surface area contributed by atoms with Crippen molar-refractivity contribution in [1.82, 2.24) is 4.57 Å². The van der Waals surface area contributed by atoms with Crippen LogP contribution in [0.2, 0.25) is 0 Å². The molecular weight excluding hydrogens is 257 g/mol. The van der Waals surface area contributed by atoms with Crippen molar-refractivity contribution in [1.29, 1.82) is 0 Å². The molecule has 4 heteroatoms. The molecule has 0 aliphatic heterocycles. The van der Waals surface area contributed by atoms with Crippen LogP contribution in [-0.4, -0.2) is 16.8 Å². The first-order valence-electron chi connectivity index (χ1n) is 6.84. The highest BCUT2D eigenvalue weighted by Gasteiger charge is 2.31. The van der Waals surface area contributed by atoms with Crippen LogP contribution in [0.5, 0.6) is 5.75 Å². The molecule has 1 unspecified atom stereocenters. The highest BCUT2D eigenvalue weighted by Crippen LogP contribution is 2.40. The van der Waals surface area contributed by atoms with Crippen molar-refractivity contribution < 1.29 is 14.2 Å². The number of hydrogen-bond donors (Lipinski definition) is 1. The summed E-state index contributed by atoms with van der Waals surface area (Å²) in [5.74, 6) is 0.334. The summed E-state index contributed by atoms with van der Waals surface area (Å²) in [6.07, 6.45) is 5.57. The van der Waals surface area contributed by atoms with Crippen molar-refractivity contribution >= 4 is 0 Å². The molecule has 1 atom stereocenters. The Bertz CT molecular complexity index is 604. The fourth-order valence-electron chi connectivity index (χ4n) is 2.45. The molecule has 1 aliphatic carbocycles. The van der Waals surface area contributed by atoms with Crippen molar-refractivity contribution in [2.75, 3.05) is 7.11 Å². The first-order chi connectivity index (χ1) is 9.69. The highest BCUT2D eigenvalue weighted by atomic mass is 19.1. The quantitative estimate of drug-likeness (QED) is 0.909. The van der Waals surface area contributed by atoms with Crippen molar-refractivity contribution in [2.24, 2.45) is 5.92 Å². The van der Waals surface area contributed by atoms with Crippen LogP contribution in [0.3, 0.4) is 0 Å². The monoisotopic (exact) mass is 275 g/mol. The third-order valence-corrected chi connectivity index (χ3v) is 3.80. The Kier molecular flexibility index (Phi) is 3.49. The van der Waals surface area contributed by atoms with Gasteiger partial charge >= 0.3 is 0 Å². The molecule has 1 fully saturated rings. The fourth-order valence-corrected chi connectivity index (χ4v) is 2.45. The Labute approximate surface area is 117 Å². The molecule has 0 amide bonds. The Hall–Kier alpha value is -1.81. The zero-order valence-corrected chi connectivity index (χ0v) is 11.4. The lowest BCUT2D eigenvalue weighted by Gasteiger charge is -2.09. The zero-order chi connectivity index (χ0) is 14.1. The summed E-state index contributed by atoms with van der Waals surface area (Å²) in [4.78, 5) is 0. The lowest BCUT2D eigenvalue weighted by molar-refractivity contribution is 0.154. The van der Waals surface area contributed by atoms with Crippen LogP contribution in [0, 0.1) is 11.7 Å². The first-order valence-corrected chi connectivity index (χ1v) is 6.84. The number of benzene rings is 1. The maximum absolute atomic E-state index is 14.1. The molecule has 20 heavy (non-hydrogen) atoms. The normalized spacial score (nSPS) is 16.1. The van der Waals surface area contributed by atoms with Gasteiger partial charge in [-0.25, -0.2) is 4.39 Å². The minimum Gasteiger partial charge on any atom is -0.494 e. The van der Waals surface area contributed by atoms with E-state index in [1.165, 1.54) is 7.11 Å². The van der Waals surface area contributed by atoms with E-state index in [9.17, 15) is 9.50 Å². The van der Waals surface area contributed by atoms with Crippen LogP contribution >= 0.6 is 0 Å². The molecule has 1 heterocycles. The number of hydrogen-bond acceptors (Lipinski definition) is 2. The van der Waals surface area contributed by atoms with Gasteiger partial charge in [-0.2, -0.15) is 0 Å². The van der Waals surface area contributed by atoms with E-state index in [2.05, 4.69) is 0 Å². The van der Waals surface area contributed by atoms with Crippen LogP contribution in [-0.2, 0) is 6.54 Å². The Morgan fingerprint density at radius 2 is 2.20 bits per heavy atom. The molecule has 1 N–H and O–H groups in total. The maximum atomic E-state index is 14.1. The fraction of sp³-hybridized carbons (Fsp3) is 0.375. The molecule has 0 bridgehead atoms. The van der Waals surface area contributed by atoms with E-state index in [4.69, 9.17) is 4.74 Å². The van der Waals surface area contributed by atoms with Crippen LogP contribution in [0.15, 0.2) is 36.7 Å². The van der Waals surface area contributed by atoms with E-state index < -0.39 is 0 Å².